The Balaban J connectivity index is 2.69. The van der Waals surface area contributed by atoms with Crippen LogP contribution in [0.2, 0.25) is 0 Å². The summed E-state index contributed by atoms with van der Waals surface area (Å²) in [6, 6.07) is 7.19. The number of amides is 1. The van der Waals surface area contributed by atoms with Gasteiger partial charge in [0, 0.05) is 6.54 Å². The Hall–Kier alpha value is -2.44. The quantitative estimate of drug-likeness (QED) is 0.652. The van der Waals surface area contributed by atoms with Gasteiger partial charge >= 0.3 is 5.97 Å². The highest BCUT2D eigenvalue weighted by atomic mass is 32.2. The van der Waals surface area contributed by atoms with Gasteiger partial charge in [0.15, 0.2) is 6.61 Å². The second-order valence-electron chi connectivity index (χ2n) is 6.12. The van der Waals surface area contributed by atoms with Crippen molar-refractivity contribution < 1.29 is 22.7 Å². The number of hydrogen-bond acceptors (Lipinski definition) is 6. The normalized spacial score (nSPS) is 13.5. The van der Waals surface area contributed by atoms with Crippen LogP contribution in [0.5, 0.6) is 0 Å². The number of ether oxygens (including phenoxy) is 1. The molecule has 1 rings (SSSR count). The lowest BCUT2D eigenvalue weighted by Crippen LogP contribution is -2.50. The predicted molar refractivity (Wildman–Crippen MR) is 94.6 cm³/mol. The van der Waals surface area contributed by atoms with Crippen LogP contribution in [-0.2, 0) is 19.6 Å². The minimum atomic E-state index is -3.61. The molecular formula is C17H23N3O5S. The van der Waals surface area contributed by atoms with Gasteiger partial charge in [0.1, 0.15) is 5.54 Å². The van der Waals surface area contributed by atoms with Crippen LogP contribution in [-0.4, -0.2) is 39.0 Å². The Morgan fingerprint density at radius 1 is 1.27 bits per heavy atom. The van der Waals surface area contributed by atoms with Crippen LogP contribution >= 0.6 is 0 Å². The molecule has 1 unspecified atom stereocenters. The summed E-state index contributed by atoms with van der Waals surface area (Å²) in [6.07, 6.45) is 0. The molecule has 142 valence electrons. The molecule has 0 fully saturated rings. The van der Waals surface area contributed by atoms with E-state index < -0.39 is 34.0 Å². The minimum absolute atomic E-state index is 0.0235. The Morgan fingerprint density at radius 3 is 2.31 bits per heavy atom. The maximum Gasteiger partial charge on any atom is 0.338 e. The molecule has 0 aliphatic heterocycles. The fourth-order valence-corrected chi connectivity index (χ4v) is 2.93. The van der Waals surface area contributed by atoms with Gasteiger partial charge in [0.25, 0.3) is 5.91 Å². The third kappa shape index (κ3) is 5.54. The van der Waals surface area contributed by atoms with E-state index in [1.807, 2.05) is 6.07 Å². The van der Waals surface area contributed by atoms with Gasteiger partial charge in [-0.1, -0.05) is 20.8 Å². The van der Waals surface area contributed by atoms with Crippen LogP contribution in [0.3, 0.4) is 0 Å². The molecule has 0 aromatic heterocycles. The highest BCUT2D eigenvalue weighted by molar-refractivity contribution is 7.89. The van der Waals surface area contributed by atoms with Gasteiger partial charge in [-0.2, -0.15) is 5.26 Å². The average molecular weight is 381 g/mol. The number of nitrogens with zero attached hydrogens (tertiary/aromatic N) is 1. The Bertz CT molecular complexity index is 797. The Kier molecular flexibility index (Phi) is 7.29. The van der Waals surface area contributed by atoms with E-state index in [1.54, 1.807) is 27.7 Å². The molecule has 1 aromatic rings. The van der Waals surface area contributed by atoms with Gasteiger partial charge in [-0.25, -0.2) is 17.9 Å². The number of sulfonamides is 1. The largest absolute Gasteiger partial charge is 0.452 e. The summed E-state index contributed by atoms with van der Waals surface area (Å²) in [4.78, 5) is 23.9. The predicted octanol–water partition coefficient (Wildman–Crippen LogP) is 1.20. The zero-order valence-electron chi connectivity index (χ0n) is 15.2. The first-order valence-corrected chi connectivity index (χ1v) is 9.53. The molecule has 0 saturated carbocycles. The molecule has 8 nitrogen and oxygen atoms in total. The van der Waals surface area contributed by atoms with Crippen molar-refractivity contribution in [2.24, 2.45) is 5.92 Å². The standard InChI is InChI=1S/C17H23N3O5S/c1-5-19-26(23,24)14-8-6-13(7-9-14)16(22)25-10-15(21)20-17(4,11-18)12(2)3/h6-9,12,19H,5,10H2,1-4H3,(H,20,21). The van der Waals surface area contributed by atoms with E-state index in [2.05, 4.69) is 10.0 Å². The first-order valence-electron chi connectivity index (χ1n) is 8.05. The molecule has 26 heavy (non-hydrogen) atoms. The average Bonchev–Trinajstić information content (AvgIpc) is 2.59. The number of benzene rings is 1. The topological polar surface area (TPSA) is 125 Å². The minimum Gasteiger partial charge on any atom is -0.452 e. The van der Waals surface area contributed by atoms with Gasteiger partial charge < -0.3 is 10.1 Å². The zero-order chi connectivity index (χ0) is 20.0. The molecule has 0 saturated heterocycles. The van der Waals surface area contributed by atoms with Crippen LogP contribution < -0.4 is 10.0 Å². The van der Waals surface area contributed by atoms with Crippen LogP contribution in [0.25, 0.3) is 0 Å². The molecule has 1 amide bonds. The maximum absolute atomic E-state index is 12.0. The number of nitriles is 1. The summed E-state index contributed by atoms with van der Waals surface area (Å²) in [7, 11) is -3.61. The van der Waals surface area contributed by atoms with E-state index >= 15 is 0 Å². The number of rotatable bonds is 8. The molecule has 2 N–H and O–H groups in total. The second kappa shape index (κ2) is 8.78. The zero-order valence-corrected chi connectivity index (χ0v) is 16.0. The van der Waals surface area contributed by atoms with Crippen LogP contribution in [0.15, 0.2) is 29.2 Å². The lowest BCUT2D eigenvalue weighted by atomic mass is 9.90. The van der Waals surface area contributed by atoms with Crippen molar-refractivity contribution in [3.05, 3.63) is 29.8 Å². The van der Waals surface area contributed by atoms with Crippen molar-refractivity contribution in [2.45, 2.75) is 38.1 Å². The molecular weight excluding hydrogens is 358 g/mol. The van der Waals surface area contributed by atoms with Gasteiger partial charge in [-0.05, 0) is 37.1 Å². The van der Waals surface area contributed by atoms with E-state index in [0.29, 0.717) is 0 Å². The molecule has 1 atom stereocenters. The van der Waals surface area contributed by atoms with Crippen molar-refractivity contribution in [1.29, 1.82) is 5.26 Å². The van der Waals surface area contributed by atoms with E-state index in [0.717, 1.165) is 0 Å². The van der Waals surface area contributed by atoms with Gasteiger partial charge in [0.2, 0.25) is 10.0 Å². The summed E-state index contributed by atoms with van der Waals surface area (Å²) in [6.45, 7) is 6.53. The Morgan fingerprint density at radius 2 is 1.85 bits per heavy atom. The number of carbonyl (C=O) groups excluding carboxylic acids is 2. The van der Waals surface area contributed by atoms with Crippen molar-refractivity contribution in [3.8, 4) is 6.07 Å². The molecule has 1 aromatic carbocycles. The van der Waals surface area contributed by atoms with Crippen molar-refractivity contribution in [2.75, 3.05) is 13.2 Å². The SMILES string of the molecule is CCNS(=O)(=O)c1ccc(C(=O)OCC(=O)NC(C)(C#N)C(C)C)cc1. The van der Waals surface area contributed by atoms with Crippen LogP contribution in [0.1, 0.15) is 38.1 Å². The molecule has 0 bridgehead atoms. The van der Waals surface area contributed by atoms with Crippen LogP contribution in [0.4, 0.5) is 0 Å². The smallest absolute Gasteiger partial charge is 0.338 e. The highest BCUT2D eigenvalue weighted by Crippen LogP contribution is 2.15. The molecule has 0 spiro atoms. The molecule has 0 aliphatic rings. The number of carbonyl (C=O) groups is 2. The summed E-state index contributed by atoms with van der Waals surface area (Å²) in [5.74, 6) is -1.49. The van der Waals surface area contributed by atoms with Crippen molar-refractivity contribution in [1.82, 2.24) is 10.0 Å². The highest BCUT2D eigenvalue weighted by Gasteiger charge is 2.30. The fraction of sp³-hybridized carbons (Fsp3) is 0.471. The lowest BCUT2D eigenvalue weighted by Gasteiger charge is -2.27. The third-order valence-electron chi connectivity index (χ3n) is 3.86. The van der Waals surface area contributed by atoms with Gasteiger partial charge in [-0.15, -0.1) is 0 Å². The van der Waals surface area contributed by atoms with Gasteiger partial charge in [0.05, 0.1) is 16.5 Å². The second-order valence-corrected chi connectivity index (χ2v) is 7.89. The molecule has 0 radical (unpaired) electrons. The molecule has 0 aliphatic carbocycles. The lowest BCUT2D eigenvalue weighted by molar-refractivity contribution is -0.125. The number of hydrogen-bond donors (Lipinski definition) is 2. The summed E-state index contributed by atoms with van der Waals surface area (Å²) >= 11 is 0. The van der Waals surface area contributed by atoms with E-state index in [4.69, 9.17) is 10.00 Å². The Labute approximate surface area is 153 Å². The number of nitrogens with one attached hydrogen (secondary N) is 2. The molecule has 0 heterocycles. The third-order valence-corrected chi connectivity index (χ3v) is 5.42. The van der Waals surface area contributed by atoms with Gasteiger partial charge in [-0.3, -0.25) is 4.79 Å². The van der Waals surface area contributed by atoms with Crippen LogP contribution in [0, 0.1) is 17.2 Å². The molecule has 9 heteroatoms. The van der Waals surface area contributed by atoms with E-state index in [-0.39, 0.29) is 22.9 Å². The fourth-order valence-electron chi connectivity index (χ4n) is 1.89. The summed E-state index contributed by atoms with van der Waals surface area (Å²) in [5, 5.41) is 11.7. The van der Waals surface area contributed by atoms with E-state index in [9.17, 15) is 18.0 Å². The monoisotopic (exact) mass is 381 g/mol. The first-order chi connectivity index (χ1) is 12.1. The van der Waals surface area contributed by atoms with Crippen molar-refractivity contribution >= 4 is 21.9 Å². The summed E-state index contributed by atoms with van der Waals surface area (Å²) in [5.41, 5.74) is -0.952. The maximum atomic E-state index is 12.0. The first kappa shape index (κ1) is 21.6. The summed E-state index contributed by atoms with van der Waals surface area (Å²) < 4.78 is 30.9. The van der Waals surface area contributed by atoms with Crippen molar-refractivity contribution in [3.63, 3.8) is 0 Å². The van der Waals surface area contributed by atoms with E-state index in [1.165, 1.54) is 24.3 Å². The number of esters is 1.